The van der Waals surface area contributed by atoms with Crippen LogP contribution in [0.15, 0.2) is 60.9 Å². The van der Waals surface area contributed by atoms with Crippen molar-refractivity contribution in [1.82, 2.24) is 20.0 Å². The van der Waals surface area contributed by atoms with E-state index < -0.39 is 0 Å². The predicted octanol–water partition coefficient (Wildman–Crippen LogP) is 3.57. The van der Waals surface area contributed by atoms with Crippen LogP contribution in [0.3, 0.4) is 0 Å². The molecule has 156 valence electrons. The summed E-state index contributed by atoms with van der Waals surface area (Å²) in [6.45, 7) is 3.40. The molecule has 2 heterocycles. The molecule has 0 spiro atoms. The van der Waals surface area contributed by atoms with Gasteiger partial charge in [-0.05, 0) is 48.5 Å². The van der Waals surface area contributed by atoms with Crippen molar-refractivity contribution in [3.63, 3.8) is 0 Å². The lowest BCUT2D eigenvalue weighted by atomic mass is 10.2. The van der Waals surface area contributed by atoms with Crippen molar-refractivity contribution in [2.45, 2.75) is 6.54 Å². The van der Waals surface area contributed by atoms with Gasteiger partial charge in [0.15, 0.2) is 0 Å². The van der Waals surface area contributed by atoms with Gasteiger partial charge in [-0.15, -0.1) is 0 Å². The van der Waals surface area contributed by atoms with Crippen LogP contribution in [0, 0.1) is 0 Å². The van der Waals surface area contributed by atoms with Crippen LogP contribution in [0.2, 0.25) is 5.02 Å². The number of hydrogen-bond donors (Lipinski definition) is 1. The highest BCUT2D eigenvalue weighted by Gasteiger charge is 2.21. The Morgan fingerprint density at radius 1 is 1.03 bits per heavy atom. The zero-order valence-corrected chi connectivity index (χ0v) is 17.5. The molecule has 0 saturated carbocycles. The number of hydrogen-bond acceptors (Lipinski definition) is 4. The van der Waals surface area contributed by atoms with Crippen LogP contribution in [0.1, 0.15) is 5.56 Å². The van der Waals surface area contributed by atoms with Gasteiger partial charge < -0.3 is 19.9 Å². The van der Waals surface area contributed by atoms with Crippen molar-refractivity contribution in [2.75, 3.05) is 38.2 Å². The minimum Gasteiger partial charge on any atom is -0.497 e. The monoisotopic (exact) mass is 425 g/mol. The number of piperazine rings is 1. The zero-order chi connectivity index (χ0) is 20.9. The summed E-state index contributed by atoms with van der Waals surface area (Å²) >= 11 is 5.93. The molecule has 1 saturated heterocycles. The molecule has 3 aromatic rings. The third kappa shape index (κ3) is 4.68. The second-order valence-corrected chi connectivity index (χ2v) is 7.54. The van der Waals surface area contributed by atoms with Gasteiger partial charge in [0.2, 0.25) is 0 Å². The van der Waals surface area contributed by atoms with Gasteiger partial charge in [0.1, 0.15) is 5.75 Å². The van der Waals surface area contributed by atoms with Gasteiger partial charge in [-0.1, -0.05) is 11.6 Å². The second kappa shape index (κ2) is 9.09. The molecule has 2 amide bonds. The fraction of sp³-hybridized carbons (Fsp3) is 0.273. The van der Waals surface area contributed by atoms with E-state index in [9.17, 15) is 4.79 Å². The van der Waals surface area contributed by atoms with Gasteiger partial charge in [-0.2, -0.15) is 5.10 Å². The first-order chi connectivity index (χ1) is 14.6. The fourth-order valence-electron chi connectivity index (χ4n) is 3.44. The van der Waals surface area contributed by atoms with Crippen molar-refractivity contribution in [1.29, 1.82) is 0 Å². The highest BCUT2D eigenvalue weighted by atomic mass is 35.5. The lowest BCUT2D eigenvalue weighted by molar-refractivity contribution is 0.194. The summed E-state index contributed by atoms with van der Waals surface area (Å²) in [6.07, 6.45) is 3.67. The molecule has 0 aliphatic carbocycles. The minimum absolute atomic E-state index is 0.0522. The molecule has 4 rings (SSSR count). The number of rotatable bonds is 5. The molecule has 2 aromatic carbocycles. The maximum absolute atomic E-state index is 12.6. The molecular weight excluding hydrogens is 402 g/mol. The maximum Gasteiger partial charge on any atom is 0.317 e. The molecule has 0 unspecified atom stereocenters. The molecule has 1 aromatic heterocycles. The Hall–Kier alpha value is -3.19. The Balaban J connectivity index is 1.26. The van der Waals surface area contributed by atoms with Crippen LogP contribution in [0.4, 0.5) is 10.5 Å². The number of carbonyl (C=O) groups is 1. The number of carbonyl (C=O) groups excluding carboxylic acids is 1. The van der Waals surface area contributed by atoms with Crippen LogP contribution < -0.4 is 15.0 Å². The van der Waals surface area contributed by atoms with Gasteiger partial charge in [0, 0.05) is 55.2 Å². The number of benzene rings is 2. The van der Waals surface area contributed by atoms with Gasteiger partial charge in [0.25, 0.3) is 0 Å². The summed E-state index contributed by atoms with van der Waals surface area (Å²) in [6, 6.07) is 15.4. The number of halogens is 1. The number of nitrogens with zero attached hydrogens (tertiary/aromatic N) is 4. The molecular formula is C22H24ClN5O2. The third-order valence-corrected chi connectivity index (χ3v) is 5.43. The Morgan fingerprint density at radius 2 is 1.70 bits per heavy atom. The van der Waals surface area contributed by atoms with E-state index in [-0.39, 0.29) is 6.03 Å². The summed E-state index contributed by atoms with van der Waals surface area (Å²) in [5.74, 6) is 0.844. The molecule has 0 bridgehead atoms. The fourth-order valence-corrected chi connectivity index (χ4v) is 3.56. The highest BCUT2D eigenvalue weighted by molar-refractivity contribution is 6.30. The van der Waals surface area contributed by atoms with Gasteiger partial charge in [-0.25, -0.2) is 9.48 Å². The number of amides is 2. The molecule has 7 nitrogen and oxygen atoms in total. The molecule has 1 aliphatic rings. The van der Waals surface area contributed by atoms with Crippen molar-refractivity contribution in [3.8, 4) is 11.4 Å². The molecule has 1 aliphatic heterocycles. The topological polar surface area (TPSA) is 62.6 Å². The van der Waals surface area contributed by atoms with E-state index in [4.69, 9.17) is 16.3 Å². The smallest absolute Gasteiger partial charge is 0.317 e. The Labute approximate surface area is 180 Å². The number of anilines is 1. The Bertz CT molecular complexity index is 980. The third-order valence-electron chi connectivity index (χ3n) is 5.18. The number of ether oxygens (including phenoxy) is 1. The van der Waals surface area contributed by atoms with E-state index in [0.717, 1.165) is 35.8 Å². The predicted molar refractivity (Wildman–Crippen MR) is 118 cm³/mol. The van der Waals surface area contributed by atoms with E-state index in [1.54, 1.807) is 18.0 Å². The summed E-state index contributed by atoms with van der Waals surface area (Å²) in [7, 11) is 1.66. The van der Waals surface area contributed by atoms with Crippen LogP contribution in [0.25, 0.3) is 5.69 Å². The zero-order valence-electron chi connectivity index (χ0n) is 16.8. The molecule has 30 heavy (non-hydrogen) atoms. The normalized spacial score (nSPS) is 13.9. The van der Waals surface area contributed by atoms with E-state index in [1.165, 1.54) is 0 Å². The summed E-state index contributed by atoms with van der Waals surface area (Å²) in [5.41, 5.74) is 3.01. The Morgan fingerprint density at radius 3 is 2.37 bits per heavy atom. The number of urea groups is 1. The van der Waals surface area contributed by atoms with E-state index in [0.29, 0.717) is 24.7 Å². The maximum atomic E-state index is 12.6. The summed E-state index contributed by atoms with van der Waals surface area (Å²) < 4.78 is 6.98. The SMILES string of the molecule is COc1ccc(N2CCN(C(=O)NCc3cnn(-c4ccc(Cl)cc4)c3)CC2)cc1. The lowest BCUT2D eigenvalue weighted by Crippen LogP contribution is -2.51. The first kappa shape index (κ1) is 20.1. The van der Waals surface area contributed by atoms with E-state index in [2.05, 4.69) is 15.3 Å². The largest absolute Gasteiger partial charge is 0.497 e. The number of nitrogens with one attached hydrogen (secondary N) is 1. The van der Waals surface area contributed by atoms with E-state index >= 15 is 0 Å². The first-order valence-corrected chi connectivity index (χ1v) is 10.2. The Kier molecular flexibility index (Phi) is 6.09. The van der Waals surface area contributed by atoms with E-state index in [1.807, 2.05) is 59.6 Å². The molecule has 0 atom stereocenters. The summed E-state index contributed by atoms with van der Waals surface area (Å²) in [4.78, 5) is 16.7. The average molecular weight is 426 g/mol. The molecule has 8 heteroatoms. The van der Waals surface area contributed by atoms with Crippen LogP contribution in [-0.2, 0) is 6.54 Å². The average Bonchev–Trinajstić information content (AvgIpc) is 3.27. The van der Waals surface area contributed by atoms with Gasteiger partial charge >= 0.3 is 6.03 Å². The van der Waals surface area contributed by atoms with Crippen molar-refractivity contribution in [2.24, 2.45) is 0 Å². The highest BCUT2D eigenvalue weighted by Crippen LogP contribution is 2.20. The summed E-state index contributed by atoms with van der Waals surface area (Å²) in [5, 5.41) is 8.03. The number of aromatic nitrogens is 2. The minimum atomic E-state index is -0.0522. The molecule has 1 fully saturated rings. The van der Waals surface area contributed by atoms with Crippen LogP contribution in [-0.4, -0.2) is 54.0 Å². The second-order valence-electron chi connectivity index (χ2n) is 7.10. The quantitative estimate of drug-likeness (QED) is 0.678. The number of methoxy groups -OCH3 is 1. The first-order valence-electron chi connectivity index (χ1n) is 9.83. The van der Waals surface area contributed by atoms with Crippen molar-refractivity contribution in [3.05, 3.63) is 71.5 Å². The molecule has 1 N–H and O–H groups in total. The molecule has 0 radical (unpaired) electrons. The van der Waals surface area contributed by atoms with Gasteiger partial charge in [-0.3, -0.25) is 0 Å². The lowest BCUT2D eigenvalue weighted by Gasteiger charge is -2.36. The van der Waals surface area contributed by atoms with Crippen molar-refractivity contribution < 1.29 is 9.53 Å². The standard InChI is InChI=1S/C22H24ClN5O2/c1-30-21-8-6-19(7-9-21)26-10-12-27(13-11-26)22(29)24-14-17-15-25-28(16-17)20-4-2-18(23)3-5-20/h2-9,15-16H,10-14H2,1H3,(H,24,29). The van der Waals surface area contributed by atoms with Gasteiger partial charge in [0.05, 0.1) is 19.0 Å². The van der Waals surface area contributed by atoms with Crippen molar-refractivity contribution >= 4 is 23.3 Å². The van der Waals surface area contributed by atoms with Crippen LogP contribution >= 0.6 is 11.6 Å². The van der Waals surface area contributed by atoms with Crippen LogP contribution in [0.5, 0.6) is 5.75 Å².